The molecule has 0 aliphatic heterocycles. The smallest absolute Gasteiger partial charge is 0.380 e. The van der Waals surface area contributed by atoms with Gasteiger partial charge in [-0.2, -0.15) is 13.2 Å². The molecule has 0 aliphatic rings. The fourth-order valence-corrected chi connectivity index (χ4v) is 1.36. The minimum Gasteiger partial charge on any atom is -0.380 e. The average Bonchev–Trinajstić information content (AvgIpc) is 2.22. The number of rotatable bonds is 5. The van der Waals surface area contributed by atoms with Crippen LogP contribution >= 0.6 is 11.6 Å². The lowest BCUT2D eigenvalue weighted by atomic mass is 10.2. The molecule has 0 aliphatic carbocycles. The van der Waals surface area contributed by atoms with Crippen molar-refractivity contribution in [3.8, 4) is 0 Å². The lowest BCUT2D eigenvalue weighted by Gasteiger charge is -2.10. The standard InChI is InChI=1S/C10H12ClF3N2O/c1-2-17-4-3-15-9-6-7(10(12,13)14)5-8(11)16-9/h5-6H,2-4H2,1H3,(H,15,16). The number of nitrogens with one attached hydrogen (secondary N) is 1. The van der Waals surface area contributed by atoms with Gasteiger partial charge >= 0.3 is 6.18 Å². The van der Waals surface area contributed by atoms with Crippen LogP contribution in [0, 0.1) is 0 Å². The summed E-state index contributed by atoms with van der Waals surface area (Å²) in [7, 11) is 0. The van der Waals surface area contributed by atoms with Gasteiger partial charge in [0.25, 0.3) is 0 Å². The van der Waals surface area contributed by atoms with Gasteiger partial charge in [0.05, 0.1) is 12.2 Å². The first-order valence-corrected chi connectivity index (χ1v) is 5.37. The Bertz CT molecular complexity index is 371. The zero-order valence-corrected chi connectivity index (χ0v) is 9.90. The van der Waals surface area contributed by atoms with Crippen LogP contribution in [0.15, 0.2) is 12.1 Å². The van der Waals surface area contributed by atoms with Gasteiger partial charge in [-0.3, -0.25) is 0 Å². The first kappa shape index (κ1) is 14.1. The Labute approximate surface area is 102 Å². The normalized spacial score (nSPS) is 11.6. The van der Waals surface area contributed by atoms with E-state index in [-0.39, 0.29) is 11.0 Å². The molecule has 1 N–H and O–H groups in total. The fraction of sp³-hybridized carbons (Fsp3) is 0.500. The Kier molecular flexibility index (Phi) is 5.02. The lowest BCUT2D eigenvalue weighted by Crippen LogP contribution is -2.12. The largest absolute Gasteiger partial charge is 0.416 e. The molecule has 96 valence electrons. The number of anilines is 1. The van der Waals surface area contributed by atoms with Gasteiger partial charge in [0, 0.05) is 13.2 Å². The second-order valence-electron chi connectivity index (χ2n) is 3.19. The molecule has 0 bridgehead atoms. The van der Waals surface area contributed by atoms with Crippen LogP contribution in [0.25, 0.3) is 0 Å². The minimum atomic E-state index is -4.43. The molecule has 7 heteroatoms. The number of halogens is 4. The number of hydrogen-bond donors (Lipinski definition) is 1. The highest BCUT2D eigenvalue weighted by Crippen LogP contribution is 2.31. The van der Waals surface area contributed by atoms with Crippen molar-refractivity contribution < 1.29 is 17.9 Å². The third-order valence-corrected chi connectivity index (χ3v) is 2.07. The van der Waals surface area contributed by atoms with E-state index in [0.717, 1.165) is 12.1 Å². The summed E-state index contributed by atoms with van der Waals surface area (Å²) in [5.41, 5.74) is -0.823. The number of ether oxygens (including phenoxy) is 1. The molecule has 1 heterocycles. The van der Waals surface area contributed by atoms with Crippen LogP contribution < -0.4 is 5.32 Å². The van der Waals surface area contributed by atoms with Gasteiger partial charge in [0.1, 0.15) is 11.0 Å². The van der Waals surface area contributed by atoms with Crippen molar-refractivity contribution >= 4 is 17.4 Å². The molecule has 0 spiro atoms. The fourth-order valence-electron chi connectivity index (χ4n) is 1.15. The quantitative estimate of drug-likeness (QED) is 0.658. The number of nitrogens with zero attached hydrogens (tertiary/aromatic N) is 1. The van der Waals surface area contributed by atoms with Crippen molar-refractivity contribution in [3.63, 3.8) is 0 Å². The van der Waals surface area contributed by atoms with Crippen molar-refractivity contribution in [2.45, 2.75) is 13.1 Å². The number of hydrogen-bond acceptors (Lipinski definition) is 3. The Hall–Kier alpha value is -1.01. The molecule has 0 atom stereocenters. The highest BCUT2D eigenvalue weighted by molar-refractivity contribution is 6.29. The Morgan fingerprint density at radius 2 is 2.12 bits per heavy atom. The molecule has 1 rings (SSSR count). The number of pyridine rings is 1. The van der Waals surface area contributed by atoms with E-state index in [1.807, 2.05) is 6.92 Å². The molecule has 0 radical (unpaired) electrons. The van der Waals surface area contributed by atoms with Crippen LogP contribution in [0.3, 0.4) is 0 Å². The summed E-state index contributed by atoms with van der Waals surface area (Å²) in [6.07, 6.45) is -4.43. The second kappa shape index (κ2) is 6.07. The maximum absolute atomic E-state index is 12.5. The highest BCUT2D eigenvalue weighted by atomic mass is 35.5. The van der Waals surface area contributed by atoms with Crippen molar-refractivity contribution in [1.82, 2.24) is 4.98 Å². The molecule has 0 aromatic carbocycles. The molecular formula is C10H12ClF3N2O. The van der Waals surface area contributed by atoms with Crippen molar-refractivity contribution in [2.24, 2.45) is 0 Å². The molecular weight excluding hydrogens is 257 g/mol. The average molecular weight is 269 g/mol. The lowest BCUT2D eigenvalue weighted by molar-refractivity contribution is -0.137. The predicted molar refractivity (Wildman–Crippen MR) is 59.2 cm³/mol. The zero-order valence-electron chi connectivity index (χ0n) is 9.14. The zero-order chi connectivity index (χ0) is 12.9. The van der Waals surface area contributed by atoms with Crippen LogP contribution in [-0.4, -0.2) is 24.7 Å². The summed E-state index contributed by atoms with van der Waals surface area (Å²) < 4.78 is 42.4. The first-order valence-electron chi connectivity index (χ1n) is 5.00. The molecule has 0 saturated heterocycles. The van der Waals surface area contributed by atoms with Gasteiger partial charge in [-0.05, 0) is 19.1 Å². The SMILES string of the molecule is CCOCCNc1cc(C(F)(F)F)cc(Cl)n1. The minimum absolute atomic E-state index is 0.0875. The Morgan fingerprint density at radius 1 is 1.41 bits per heavy atom. The van der Waals surface area contributed by atoms with Crippen LogP contribution in [-0.2, 0) is 10.9 Å². The van der Waals surface area contributed by atoms with Gasteiger partial charge in [-0.15, -0.1) is 0 Å². The van der Waals surface area contributed by atoms with Crippen molar-refractivity contribution in [2.75, 3.05) is 25.1 Å². The third kappa shape index (κ3) is 4.79. The van der Waals surface area contributed by atoms with Crippen LogP contribution in [0.4, 0.5) is 19.0 Å². The Morgan fingerprint density at radius 3 is 2.71 bits per heavy atom. The molecule has 0 saturated carbocycles. The summed E-state index contributed by atoms with van der Waals surface area (Å²) in [4.78, 5) is 3.74. The predicted octanol–water partition coefficient (Wildman–Crippen LogP) is 3.20. The molecule has 0 fully saturated rings. The summed E-state index contributed by atoms with van der Waals surface area (Å²) >= 11 is 5.51. The van der Waals surface area contributed by atoms with Gasteiger partial charge in [-0.25, -0.2) is 4.98 Å². The third-order valence-electron chi connectivity index (χ3n) is 1.88. The van der Waals surface area contributed by atoms with E-state index in [1.54, 1.807) is 0 Å². The van der Waals surface area contributed by atoms with E-state index in [9.17, 15) is 13.2 Å². The van der Waals surface area contributed by atoms with E-state index in [4.69, 9.17) is 16.3 Å². The highest BCUT2D eigenvalue weighted by Gasteiger charge is 2.31. The topological polar surface area (TPSA) is 34.1 Å². The summed E-state index contributed by atoms with van der Waals surface area (Å²) in [6.45, 7) is 3.16. The van der Waals surface area contributed by atoms with E-state index in [1.165, 1.54) is 0 Å². The molecule has 3 nitrogen and oxygen atoms in total. The van der Waals surface area contributed by atoms with Crippen LogP contribution in [0.2, 0.25) is 5.15 Å². The van der Waals surface area contributed by atoms with E-state index in [2.05, 4.69) is 10.3 Å². The number of alkyl halides is 3. The molecule has 0 amide bonds. The van der Waals surface area contributed by atoms with Gasteiger partial charge in [-0.1, -0.05) is 11.6 Å². The maximum atomic E-state index is 12.5. The monoisotopic (exact) mass is 268 g/mol. The summed E-state index contributed by atoms with van der Waals surface area (Å²) in [5.74, 6) is 0.0875. The number of aromatic nitrogens is 1. The van der Waals surface area contributed by atoms with Crippen molar-refractivity contribution in [3.05, 3.63) is 22.8 Å². The molecule has 17 heavy (non-hydrogen) atoms. The van der Waals surface area contributed by atoms with Crippen molar-refractivity contribution in [1.29, 1.82) is 0 Å². The van der Waals surface area contributed by atoms with Gasteiger partial charge in [0.15, 0.2) is 0 Å². The summed E-state index contributed by atoms with van der Waals surface area (Å²) in [5, 5.41) is 2.52. The first-order chi connectivity index (χ1) is 7.93. The van der Waals surface area contributed by atoms with Gasteiger partial charge < -0.3 is 10.1 Å². The van der Waals surface area contributed by atoms with E-state index >= 15 is 0 Å². The summed E-state index contributed by atoms with van der Waals surface area (Å²) in [6, 6.07) is 1.70. The van der Waals surface area contributed by atoms with Gasteiger partial charge in [0.2, 0.25) is 0 Å². The van der Waals surface area contributed by atoms with E-state index < -0.39 is 11.7 Å². The second-order valence-corrected chi connectivity index (χ2v) is 3.57. The Balaban J connectivity index is 2.69. The molecule has 0 unspecified atom stereocenters. The molecule has 1 aromatic heterocycles. The van der Waals surface area contributed by atoms with Crippen LogP contribution in [0.1, 0.15) is 12.5 Å². The van der Waals surface area contributed by atoms with Crippen LogP contribution in [0.5, 0.6) is 0 Å². The van der Waals surface area contributed by atoms with E-state index in [0.29, 0.717) is 19.8 Å². The maximum Gasteiger partial charge on any atom is 0.416 e. The molecule has 1 aromatic rings.